The van der Waals surface area contributed by atoms with Crippen LogP contribution in [0.3, 0.4) is 0 Å². The Morgan fingerprint density at radius 1 is 0.788 bits per heavy atom. The van der Waals surface area contributed by atoms with Crippen molar-refractivity contribution >= 4 is 41.5 Å². The van der Waals surface area contributed by atoms with Gasteiger partial charge in [0.1, 0.15) is 36.8 Å². The number of primary amides is 1. The van der Waals surface area contributed by atoms with Crippen molar-refractivity contribution in [3.63, 3.8) is 0 Å². The number of nitro benzene ring substituents is 1. The van der Waals surface area contributed by atoms with Crippen LogP contribution in [0.4, 0.5) is 25.8 Å². The maximum Gasteiger partial charge on any atom is 0.514 e. The van der Waals surface area contributed by atoms with Crippen LogP contribution in [0.2, 0.25) is 0 Å². The van der Waals surface area contributed by atoms with E-state index in [1.54, 1.807) is 60.7 Å². The van der Waals surface area contributed by atoms with E-state index >= 15 is 0 Å². The number of nitro groups is 1. The molecule has 1 aromatic heterocycles. The first-order valence-corrected chi connectivity index (χ1v) is 15.9. The maximum atomic E-state index is 13.5. The van der Waals surface area contributed by atoms with E-state index in [0.717, 1.165) is 5.56 Å². The molecule has 17 heteroatoms. The summed E-state index contributed by atoms with van der Waals surface area (Å²) in [6, 6.07) is 20.4. The van der Waals surface area contributed by atoms with Crippen LogP contribution in [-0.4, -0.2) is 53.6 Å². The van der Waals surface area contributed by atoms with Crippen LogP contribution in [0.1, 0.15) is 29.7 Å². The number of hydrogen-bond acceptors (Lipinski definition) is 11. The highest BCUT2D eigenvalue weighted by Gasteiger charge is 2.28. The van der Waals surface area contributed by atoms with Gasteiger partial charge in [0.25, 0.3) is 5.69 Å². The van der Waals surface area contributed by atoms with Gasteiger partial charge in [-0.2, -0.15) is 0 Å². The van der Waals surface area contributed by atoms with Crippen molar-refractivity contribution in [2.45, 2.75) is 44.6 Å². The van der Waals surface area contributed by atoms with E-state index in [2.05, 4.69) is 21.3 Å². The van der Waals surface area contributed by atoms with Gasteiger partial charge < -0.3 is 45.6 Å². The van der Waals surface area contributed by atoms with Crippen molar-refractivity contribution in [3.05, 3.63) is 124 Å². The Balaban J connectivity index is 1.36. The molecule has 1 heterocycles. The highest BCUT2D eigenvalue weighted by molar-refractivity contribution is 5.98. The summed E-state index contributed by atoms with van der Waals surface area (Å²) < 4.78 is 20.8. The van der Waals surface area contributed by atoms with Crippen molar-refractivity contribution in [2.75, 3.05) is 11.9 Å². The van der Waals surface area contributed by atoms with Crippen LogP contribution in [-0.2, 0) is 38.7 Å². The van der Waals surface area contributed by atoms with E-state index in [4.69, 9.17) is 24.4 Å². The van der Waals surface area contributed by atoms with Gasteiger partial charge in [-0.1, -0.05) is 42.5 Å². The van der Waals surface area contributed by atoms with Gasteiger partial charge in [-0.3, -0.25) is 19.7 Å². The van der Waals surface area contributed by atoms with Crippen LogP contribution in [0.5, 0.6) is 5.75 Å². The molecule has 52 heavy (non-hydrogen) atoms. The minimum Gasteiger partial charge on any atom is -0.469 e. The first-order valence-electron chi connectivity index (χ1n) is 15.9. The SMILES string of the molecule is NC(=O)NCCC[C@H](NC(=O)[C@H](Cc1ccco1)NC(=O)OCc1ccccc1)C(=O)Nc1ccc(COC(=O)Oc2ccc([N+](=O)[O-])cc2)cc1. The predicted molar refractivity (Wildman–Crippen MR) is 184 cm³/mol. The first-order chi connectivity index (χ1) is 25.0. The minimum absolute atomic E-state index is 0.0309. The molecule has 0 unspecified atom stereocenters. The molecule has 0 spiro atoms. The number of amides is 5. The third-order valence-corrected chi connectivity index (χ3v) is 7.24. The monoisotopic (exact) mass is 716 g/mol. The Bertz CT molecular complexity index is 1800. The van der Waals surface area contributed by atoms with Gasteiger partial charge in [0, 0.05) is 30.8 Å². The Morgan fingerprint density at radius 2 is 1.48 bits per heavy atom. The van der Waals surface area contributed by atoms with Gasteiger partial charge >= 0.3 is 18.3 Å². The topological polar surface area (TPSA) is 243 Å². The molecule has 0 aliphatic heterocycles. The zero-order valence-corrected chi connectivity index (χ0v) is 27.7. The van der Waals surface area contributed by atoms with E-state index in [1.807, 2.05) is 6.07 Å². The van der Waals surface area contributed by atoms with Gasteiger partial charge in [-0.15, -0.1) is 0 Å². The summed E-state index contributed by atoms with van der Waals surface area (Å²) in [6.07, 6.45) is -0.145. The number of nitrogens with zero attached hydrogens (tertiary/aromatic N) is 1. The lowest BCUT2D eigenvalue weighted by Crippen LogP contribution is -2.53. The Kier molecular flexibility index (Phi) is 14.1. The molecule has 5 amide bonds. The average Bonchev–Trinajstić information content (AvgIpc) is 3.65. The molecule has 2 atom stereocenters. The van der Waals surface area contributed by atoms with Gasteiger partial charge in [-0.05, 0) is 60.4 Å². The lowest BCUT2D eigenvalue weighted by Gasteiger charge is -2.23. The predicted octanol–water partition coefficient (Wildman–Crippen LogP) is 4.31. The number of benzene rings is 3. The quantitative estimate of drug-likeness (QED) is 0.0339. The Morgan fingerprint density at radius 3 is 2.13 bits per heavy atom. The van der Waals surface area contributed by atoms with E-state index in [-0.39, 0.29) is 50.5 Å². The molecule has 4 rings (SSSR count). The zero-order valence-electron chi connectivity index (χ0n) is 27.7. The normalized spacial score (nSPS) is 11.6. The molecule has 4 aromatic rings. The van der Waals surface area contributed by atoms with Gasteiger partial charge in [0.2, 0.25) is 11.8 Å². The Hall–Kier alpha value is -6.91. The largest absolute Gasteiger partial charge is 0.514 e. The van der Waals surface area contributed by atoms with E-state index in [0.29, 0.717) is 17.0 Å². The summed E-state index contributed by atoms with van der Waals surface area (Å²) in [5, 5.41) is 21.2. The molecule has 0 aliphatic carbocycles. The lowest BCUT2D eigenvalue weighted by molar-refractivity contribution is -0.384. The lowest BCUT2D eigenvalue weighted by atomic mass is 10.1. The van der Waals surface area contributed by atoms with Crippen LogP contribution < -0.4 is 31.7 Å². The molecule has 0 radical (unpaired) electrons. The van der Waals surface area contributed by atoms with Crippen molar-refractivity contribution < 1.29 is 47.5 Å². The number of hydrogen-bond donors (Lipinski definition) is 5. The maximum absolute atomic E-state index is 13.5. The fourth-order valence-corrected chi connectivity index (χ4v) is 4.62. The van der Waals surface area contributed by atoms with Gasteiger partial charge in [0.05, 0.1) is 11.2 Å². The number of furan rings is 1. The van der Waals surface area contributed by atoms with E-state index < -0.39 is 47.1 Å². The molecule has 6 N–H and O–H groups in total. The molecule has 0 saturated heterocycles. The van der Waals surface area contributed by atoms with Crippen LogP contribution in [0.25, 0.3) is 0 Å². The highest BCUT2D eigenvalue weighted by atomic mass is 16.7. The summed E-state index contributed by atoms with van der Waals surface area (Å²) in [7, 11) is 0. The molecule has 0 fully saturated rings. The van der Waals surface area contributed by atoms with Crippen molar-refractivity contribution in [1.82, 2.24) is 16.0 Å². The number of nitrogens with two attached hydrogens (primary N) is 1. The average molecular weight is 717 g/mol. The molecular weight excluding hydrogens is 680 g/mol. The molecule has 272 valence electrons. The van der Waals surface area contributed by atoms with Crippen molar-refractivity contribution in [1.29, 1.82) is 0 Å². The molecule has 0 saturated carbocycles. The fraction of sp³-hybridized carbons (Fsp3) is 0.229. The third kappa shape index (κ3) is 12.8. The zero-order chi connectivity index (χ0) is 37.3. The number of carbonyl (C=O) groups excluding carboxylic acids is 5. The molecule has 3 aromatic carbocycles. The molecule has 0 bridgehead atoms. The highest BCUT2D eigenvalue weighted by Crippen LogP contribution is 2.18. The van der Waals surface area contributed by atoms with Crippen LogP contribution in [0, 0.1) is 10.1 Å². The minimum atomic E-state index is -1.18. The summed E-state index contributed by atoms with van der Waals surface area (Å²) in [5.41, 5.74) is 6.63. The number of non-ortho nitro benzene ring substituents is 1. The number of alkyl carbamates (subject to hydrolysis) is 1. The first kappa shape index (κ1) is 37.9. The van der Waals surface area contributed by atoms with Crippen LogP contribution in [0.15, 0.2) is 102 Å². The summed E-state index contributed by atoms with van der Waals surface area (Å²) in [5.74, 6) is -0.818. The third-order valence-electron chi connectivity index (χ3n) is 7.24. The fourth-order valence-electron chi connectivity index (χ4n) is 4.62. The second-order valence-electron chi connectivity index (χ2n) is 11.1. The molecule has 0 aliphatic rings. The summed E-state index contributed by atoms with van der Waals surface area (Å²) >= 11 is 0. The number of ether oxygens (including phenoxy) is 3. The van der Waals surface area contributed by atoms with Crippen molar-refractivity contribution in [2.24, 2.45) is 5.73 Å². The molecular formula is C35H36N6O11. The number of anilines is 1. The molecule has 17 nitrogen and oxygen atoms in total. The van der Waals surface area contributed by atoms with Crippen molar-refractivity contribution in [3.8, 4) is 5.75 Å². The number of rotatable bonds is 17. The number of carbonyl (C=O) groups is 5. The van der Waals surface area contributed by atoms with E-state index in [1.165, 1.54) is 30.5 Å². The summed E-state index contributed by atoms with van der Waals surface area (Å²) in [4.78, 5) is 73.1. The smallest absolute Gasteiger partial charge is 0.469 e. The van der Waals surface area contributed by atoms with Gasteiger partial charge in [0.15, 0.2) is 0 Å². The van der Waals surface area contributed by atoms with Gasteiger partial charge in [-0.25, -0.2) is 14.4 Å². The summed E-state index contributed by atoms with van der Waals surface area (Å²) in [6.45, 7) is -0.0730. The number of urea groups is 1. The number of nitrogens with one attached hydrogen (secondary N) is 4. The second-order valence-corrected chi connectivity index (χ2v) is 11.1. The van der Waals surface area contributed by atoms with Crippen LogP contribution >= 0.6 is 0 Å². The second kappa shape index (κ2) is 19.3. The Labute approximate surface area is 296 Å². The standard InChI is InChI=1S/C35H36N6O11/c36-33(44)37-18-4-9-29(39-32(43)30(20-28-8-5-19-49-28)40-34(45)50-21-23-6-2-1-3-7-23)31(42)38-25-12-10-24(11-13-25)22-51-35(46)52-27-16-14-26(15-17-27)41(47)48/h1-3,5-8,10-17,19,29-30H,4,9,18,20-22H2,(H,38,42)(H,39,43)(H,40,45)(H3,36,37,44)/t29-,30-/m0/s1. The van der Waals surface area contributed by atoms with E-state index in [9.17, 15) is 34.1 Å².